The Morgan fingerprint density at radius 2 is 0.780 bits per heavy atom. The molecule has 0 saturated heterocycles. The highest BCUT2D eigenvalue weighted by Crippen LogP contribution is 2.14. The number of hydrogen-bond donors (Lipinski definition) is 3. The van der Waals surface area contributed by atoms with Gasteiger partial charge in [0.25, 0.3) is 0 Å². The molecule has 0 aromatic carbocycles. The number of nitrogens with zero attached hydrogens (tertiary/aromatic N) is 2. The Kier molecular flexibility index (Phi) is 30.3. The Balaban J connectivity index is 5.14. The monoisotopic (exact) mass is 758 g/mol. The molecule has 0 heterocycles. The molecule has 15 heteroatoms. The van der Waals surface area contributed by atoms with Gasteiger partial charge in [-0.05, 0) is 25.7 Å². The SMILES string of the molecule is CCCCCCCCCCCCN(CC(O)CN(CCCCCCCCCCCC)C(=O)CCCOS(=O)(=O)O)C(=O)CCCOS(=O)(=O)O. The Morgan fingerprint density at radius 3 is 1.06 bits per heavy atom. The lowest BCUT2D eigenvalue weighted by Gasteiger charge is -2.30. The third-order valence-electron chi connectivity index (χ3n) is 8.67. The van der Waals surface area contributed by atoms with Crippen LogP contribution in [0.25, 0.3) is 0 Å². The third-order valence-corrected chi connectivity index (χ3v) is 9.59. The van der Waals surface area contributed by atoms with Gasteiger partial charge in [0.1, 0.15) is 0 Å². The van der Waals surface area contributed by atoms with Crippen molar-refractivity contribution >= 4 is 32.6 Å². The zero-order chi connectivity index (χ0) is 37.5. The standard InChI is InChI=1S/C35H70N2O11S2/c1-3-5-7-9-11-13-15-17-19-21-27-36(34(39)25-23-29-47-49(41,42)43)31-33(38)32-37(35(40)26-24-30-48-50(44,45)46)28-22-20-18-16-14-12-10-8-6-4-2/h33,38H,3-32H2,1-2H3,(H,41,42,43)(H,44,45,46). The maximum Gasteiger partial charge on any atom is 0.397 e. The van der Waals surface area contributed by atoms with Crippen LogP contribution in [0.2, 0.25) is 0 Å². The van der Waals surface area contributed by atoms with Crippen LogP contribution in [0.4, 0.5) is 0 Å². The van der Waals surface area contributed by atoms with E-state index >= 15 is 0 Å². The zero-order valence-corrected chi connectivity index (χ0v) is 32.7. The normalized spacial score (nSPS) is 12.1. The average molecular weight is 759 g/mol. The number of carbonyl (C=O) groups is 2. The molecule has 0 aliphatic heterocycles. The van der Waals surface area contributed by atoms with Crippen LogP contribution in [0.1, 0.15) is 168 Å². The van der Waals surface area contributed by atoms with E-state index in [1.807, 2.05) is 0 Å². The van der Waals surface area contributed by atoms with Crippen LogP contribution in [-0.2, 0) is 38.8 Å². The molecule has 0 fully saturated rings. The minimum Gasteiger partial charge on any atom is -0.389 e. The van der Waals surface area contributed by atoms with Crippen LogP contribution < -0.4 is 0 Å². The van der Waals surface area contributed by atoms with Gasteiger partial charge in [-0.2, -0.15) is 16.8 Å². The lowest BCUT2D eigenvalue weighted by Crippen LogP contribution is -2.45. The van der Waals surface area contributed by atoms with Crippen molar-refractivity contribution in [3.63, 3.8) is 0 Å². The molecular formula is C35H70N2O11S2. The Labute approximate surface area is 304 Å². The highest BCUT2D eigenvalue weighted by atomic mass is 32.3. The summed E-state index contributed by atoms with van der Waals surface area (Å²) in [5, 5.41) is 11.1. The van der Waals surface area contributed by atoms with Gasteiger partial charge in [0.05, 0.1) is 19.3 Å². The van der Waals surface area contributed by atoms with Crippen LogP contribution in [0.15, 0.2) is 0 Å². The maximum absolute atomic E-state index is 13.1. The summed E-state index contributed by atoms with van der Waals surface area (Å²) in [6.07, 6.45) is 21.6. The summed E-state index contributed by atoms with van der Waals surface area (Å²) in [7, 11) is -9.21. The second-order valence-electron chi connectivity index (χ2n) is 13.4. The van der Waals surface area contributed by atoms with Crippen LogP contribution in [0.3, 0.4) is 0 Å². The van der Waals surface area contributed by atoms with E-state index in [4.69, 9.17) is 9.11 Å². The fourth-order valence-electron chi connectivity index (χ4n) is 5.87. The quantitative estimate of drug-likeness (QED) is 0.0439. The third kappa shape index (κ3) is 32.5. The number of carbonyl (C=O) groups excluding carboxylic acids is 2. The molecule has 0 atom stereocenters. The Morgan fingerprint density at radius 1 is 0.500 bits per heavy atom. The fraction of sp³-hybridized carbons (Fsp3) is 0.943. The van der Waals surface area contributed by atoms with E-state index in [9.17, 15) is 31.5 Å². The van der Waals surface area contributed by atoms with Gasteiger partial charge in [-0.1, -0.05) is 129 Å². The van der Waals surface area contributed by atoms with E-state index in [2.05, 4.69) is 22.2 Å². The van der Waals surface area contributed by atoms with Gasteiger partial charge < -0.3 is 14.9 Å². The Hall–Kier alpha value is -1.36. The van der Waals surface area contributed by atoms with E-state index in [0.717, 1.165) is 51.4 Å². The lowest BCUT2D eigenvalue weighted by atomic mass is 10.1. The molecule has 0 rings (SSSR count). The first kappa shape index (κ1) is 48.6. The van der Waals surface area contributed by atoms with Crippen LogP contribution in [-0.4, -0.2) is 98.2 Å². The summed E-state index contributed by atoms with van der Waals surface area (Å²) >= 11 is 0. The first-order chi connectivity index (χ1) is 23.8. The van der Waals surface area contributed by atoms with Crippen molar-refractivity contribution in [1.29, 1.82) is 0 Å². The van der Waals surface area contributed by atoms with Gasteiger partial charge >= 0.3 is 20.8 Å². The van der Waals surface area contributed by atoms with Crippen molar-refractivity contribution in [2.75, 3.05) is 39.4 Å². The molecule has 2 amide bonds. The number of aliphatic hydroxyl groups is 1. The molecule has 0 spiro atoms. The van der Waals surface area contributed by atoms with E-state index in [-0.39, 0.29) is 63.8 Å². The number of unbranched alkanes of at least 4 members (excludes halogenated alkanes) is 18. The van der Waals surface area contributed by atoms with Gasteiger partial charge in [0, 0.05) is 39.0 Å². The number of aliphatic hydroxyl groups excluding tert-OH is 1. The molecule has 0 aliphatic rings. The smallest absolute Gasteiger partial charge is 0.389 e. The molecule has 0 aromatic rings. The van der Waals surface area contributed by atoms with Gasteiger partial charge in [-0.25, -0.2) is 8.37 Å². The van der Waals surface area contributed by atoms with Gasteiger partial charge in [0.2, 0.25) is 11.8 Å². The number of rotatable bonds is 36. The van der Waals surface area contributed by atoms with Crippen molar-refractivity contribution in [2.24, 2.45) is 0 Å². The minimum atomic E-state index is -4.60. The van der Waals surface area contributed by atoms with Gasteiger partial charge in [-0.3, -0.25) is 18.7 Å². The van der Waals surface area contributed by atoms with E-state index in [1.54, 1.807) is 9.80 Å². The maximum atomic E-state index is 13.1. The summed E-state index contributed by atoms with van der Waals surface area (Å²) < 4.78 is 69.7. The average Bonchev–Trinajstić information content (AvgIpc) is 3.04. The summed E-state index contributed by atoms with van der Waals surface area (Å²) in [5.74, 6) is -0.567. The van der Waals surface area contributed by atoms with Crippen LogP contribution in [0.5, 0.6) is 0 Å². The van der Waals surface area contributed by atoms with E-state index < -0.39 is 26.9 Å². The van der Waals surface area contributed by atoms with Crippen molar-refractivity contribution < 1.29 is 49.0 Å². The summed E-state index contributed by atoms with van der Waals surface area (Å²) in [5.41, 5.74) is 0. The predicted octanol–water partition coefficient (Wildman–Crippen LogP) is 7.05. The van der Waals surface area contributed by atoms with Crippen LogP contribution in [0, 0.1) is 0 Å². The van der Waals surface area contributed by atoms with Gasteiger partial charge in [0.15, 0.2) is 0 Å². The van der Waals surface area contributed by atoms with Crippen molar-refractivity contribution in [1.82, 2.24) is 9.80 Å². The van der Waals surface area contributed by atoms with E-state index in [1.165, 1.54) is 77.0 Å². The molecular weight excluding hydrogens is 689 g/mol. The second-order valence-corrected chi connectivity index (χ2v) is 15.6. The molecule has 0 aromatic heterocycles. The number of hydrogen-bond acceptors (Lipinski definition) is 9. The van der Waals surface area contributed by atoms with Crippen molar-refractivity contribution in [3.8, 4) is 0 Å². The van der Waals surface area contributed by atoms with Crippen molar-refractivity contribution in [2.45, 2.75) is 174 Å². The highest BCUT2D eigenvalue weighted by molar-refractivity contribution is 7.81. The molecule has 13 nitrogen and oxygen atoms in total. The molecule has 3 N–H and O–H groups in total. The summed E-state index contributed by atoms with van der Waals surface area (Å²) in [6.45, 7) is 4.50. The van der Waals surface area contributed by atoms with Crippen LogP contribution >= 0.6 is 0 Å². The minimum absolute atomic E-state index is 0.0108. The van der Waals surface area contributed by atoms with Crippen molar-refractivity contribution in [3.05, 3.63) is 0 Å². The molecule has 50 heavy (non-hydrogen) atoms. The largest absolute Gasteiger partial charge is 0.397 e. The highest BCUT2D eigenvalue weighted by Gasteiger charge is 2.22. The molecule has 0 aliphatic carbocycles. The number of amides is 2. The first-order valence-corrected chi connectivity index (χ1v) is 22.0. The summed E-state index contributed by atoms with van der Waals surface area (Å²) in [6, 6.07) is 0. The van der Waals surface area contributed by atoms with Gasteiger partial charge in [-0.15, -0.1) is 0 Å². The predicted molar refractivity (Wildman–Crippen MR) is 196 cm³/mol. The molecule has 0 unspecified atom stereocenters. The molecule has 0 radical (unpaired) electrons. The summed E-state index contributed by atoms with van der Waals surface area (Å²) in [4.78, 5) is 29.3. The second kappa shape index (κ2) is 31.2. The zero-order valence-electron chi connectivity index (χ0n) is 31.1. The fourth-order valence-corrected chi connectivity index (χ4v) is 6.53. The topological polar surface area (TPSA) is 188 Å². The lowest BCUT2D eigenvalue weighted by molar-refractivity contribution is -0.135. The van der Waals surface area contributed by atoms with E-state index in [0.29, 0.717) is 13.1 Å². The first-order valence-electron chi connectivity index (χ1n) is 19.3. The molecule has 0 saturated carbocycles. The molecule has 0 bridgehead atoms. The Bertz CT molecular complexity index is 977. The molecule has 298 valence electrons.